The fraction of sp³-hybridized carbons (Fsp3) is 0.400. The van der Waals surface area contributed by atoms with Gasteiger partial charge in [0, 0.05) is 25.2 Å². The van der Waals surface area contributed by atoms with E-state index in [2.05, 4.69) is 10.5 Å². The summed E-state index contributed by atoms with van der Waals surface area (Å²) < 4.78 is 19.9. The minimum atomic E-state index is -1.24. The zero-order chi connectivity index (χ0) is 25.7. The number of rotatable bonds is 9. The Balaban J connectivity index is 1.80. The molecule has 15 heteroatoms. The molecule has 0 bridgehead atoms. The van der Waals surface area contributed by atoms with Crippen LogP contribution in [0.2, 0.25) is 0 Å². The Morgan fingerprint density at radius 2 is 2.09 bits per heavy atom. The van der Waals surface area contributed by atoms with Crippen LogP contribution in [0, 0.1) is 0 Å². The second kappa shape index (κ2) is 10.9. The number of thioether (sulfide) groups is 1. The monoisotopic (exact) mass is 510 g/mol. The molecule has 0 unspecified atom stereocenters. The average Bonchev–Trinajstić information content (AvgIpc) is 3.32. The first-order chi connectivity index (χ1) is 16.6. The summed E-state index contributed by atoms with van der Waals surface area (Å²) in [7, 11) is 1.25. The Morgan fingerprint density at radius 1 is 1.34 bits per heavy atom. The number of carbonyl (C=O) groups is 5. The van der Waals surface area contributed by atoms with Crippen molar-refractivity contribution >= 4 is 47.3 Å². The molecule has 3 amide bonds. The number of nitrogens with two attached hydrogens (primary N) is 1. The lowest BCUT2D eigenvalue weighted by molar-refractivity contribution is -0.182. The molecule has 35 heavy (non-hydrogen) atoms. The number of ether oxygens (including phenoxy) is 3. The smallest absolute Gasteiger partial charge is 0.404 e. The van der Waals surface area contributed by atoms with E-state index in [0.717, 1.165) is 11.8 Å². The van der Waals surface area contributed by atoms with Crippen LogP contribution in [0.15, 0.2) is 39.2 Å². The van der Waals surface area contributed by atoms with E-state index >= 15 is 0 Å². The molecule has 14 nitrogen and oxygen atoms in total. The topological polar surface area (TPSA) is 189 Å². The van der Waals surface area contributed by atoms with E-state index < -0.39 is 47.6 Å². The summed E-state index contributed by atoms with van der Waals surface area (Å²) in [5, 5.41) is 5.53. The Morgan fingerprint density at radius 3 is 2.69 bits per heavy atom. The van der Waals surface area contributed by atoms with Crippen molar-refractivity contribution in [2.75, 3.05) is 19.5 Å². The lowest BCUT2D eigenvalue weighted by atomic mass is 10.0. The fourth-order valence-electron chi connectivity index (χ4n) is 3.32. The normalized spacial score (nSPS) is 20.3. The van der Waals surface area contributed by atoms with Crippen molar-refractivity contribution in [2.45, 2.75) is 31.6 Å². The van der Waals surface area contributed by atoms with Gasteiger partial charge in [0.2, 0.25) is 12.0 Å². The predicted molar refractivity (Wildman–Crippen MR) is 117 cm³/mol. The summed E-state index contributed by atoms with van der Waals surface area (Å²) >= 11 is 1.21. The van der Waals surface area contributed by atoms with Crippen molar-refractivity contribution in [3.63, 3.8) is 0 Å². The third kappa shape index (κ3) is 5.74. The highest BCUT2D eigenvalue weighted by atomic mass is 32.2. The number of primary amides is 1. The third-order valence-corrected chi connectivity index (χ3v) is 6.01. The van der Waals surface area contributed by atoms with Crippen LogP contribution in [0.25, 0.3) is 0 Å². The number of β-lactam (4-membered cyclic amide) rings is 1. The number of hydrogen-bond donors (Lipinski definition) is 2. The van der Waals surface area contributed by atoms with Crippen LogP contribution in [-0.4, -0.2) is 77.6 Å². The van der Waals surface area contributed by atoms with Gasteiger partial charge in [-0.3, -0.25) is 19.3 Å². The van der Waals surface area contributed by atoms with Gasteiger partial charge in [0.25, 0.3) is 11.8 Å². The minimum Gasteiger partial charge on any atom is -0.462 e. The molecule has 1 saturated heterocycles. The number of carbonyl (C=O) groups excluding carboxylic acids is 5. The van der Waals surface area contributed by atoms with Crippen molar-refractivity contribution in [3.05, 3.63) is 35.4 Å². The number of nitrogens with zero attached hydrogens (tertiary/aromatic N) is 2. The van der Waals surface area contributed by atoms with Crippen molar-refractivity contribution in [2.24, 2.45) is 10.9 Å². The van der Waals surface area contributed by atoms with Gasteiger partial charge in [-0.1, -0.05) is 5.16 Å². The zero-order valence-corrected chi connectivity index (χ0v) is 19.7. The summed E-state index contributed by atoms with van der Waals surface area (Å²) in [6, 6.07) is 2.03. The van der Waals surface area contributed by atoms with E-state index in [1.165, 1.54) is 38.1 Å². The summed E-state index contributed by atoms with van der Waals surface area (Å²) in [6.07, 6.45) is -0.976. The number of hydrogen-bond acceptors (Lipinski definition) is 12. The van der Waals surface area contributed by atoms with Crippen LogP contribution >= 0.6 is 11.8 Å². The number of amides is 3. The van der Waals surface area contributed by atoms with Gasteiger partial charge < -0.3 is 34.5 Å². The molecular weight excluding hydrogens is 488 g/mol. The first kappa shape index (κ1) is 25.6. The van der Waals surface area contributed by atoms with Crippen molar-refractivity contribution < 1.29 is 47.4 Å². The number of esters is 2. The van der Waals surface area contributed by atoms with Crippen molar-refractivity contribution in [1.29, 1.82) is 0 Å². The van der Waals surface area contributed by atoms with Crippen LogP contribution in [0.5, 0.6) is 0 Å². The molecule has 0 aliphatic carbocycles. The van der Waals surface area contributed by atoms with Crippen LogP contribution < -0.4 is 11.1 Å². The molecule has 3 N–H and O–H groups in total. The Kier molecular flexibility index (Phi) is 8.01. The number of nitrogens with one attached hydrogen (secondary N) is 1. The zero-order valence-electron chi connectivity index (χ0n) is 18.8. The van der Waals surface area contributed by atoms with Gasteiger partial charge >= 0.3 is 18.0 Å². The van der Waals surface area contributed by atoms with E-state index in [1.807, 2.05) is 0 Å². The van der Waals surface area contributed by atoms with E-state index in [0.29, 0.717) is 0 Å². The summed E-state index contributed by atoms with van der Waals surface area (Å²) in [5.74, 6) is -2.75. The van der Waals surface area contributed by atoms with Gasteiger partial charge in [-0.2, -0.15) is 0 Å². The maximum Gasteiger partial charge on any atom is 0.404 e. The second-order valence-electron chi connectivity index (χ2n) is 7.10. The summed E-state index contributed by atoms with van der Waals surface area (Å²) in [6.45, 7) is 2.09. The molecular formula is C20H22N4O10S. The summed E-state index contributed by atoms with van der Waals surface area (Å²) in [5.41, 5.74) is 4.89. The van der Waals surface area contributed by atoms with E-state index in [-0.39, 0.29) is 35.1 Å². The fourth-order valence-corrected chi connectivity index (χ4v) is 4.65. The molecule has 2 aliphatic rings. The number of oxime groups is 1. The Labute approximate surface area is 202 Å². The molecule has 3 atom stereocenters. The first-order valence-corrected chi connectivity index (χ1v) is 11.1. The molecule has 0 spiro atoms. The molecule has 1 fully saturated rings. The van der Waals surface area contributed by atoms with Crippen molar-refractivity contribution in [3.8, 4) is 0 Å². The summed E-state index contributed by atoms with van der Waals surface area (Å²) in [4.78, 5) is 66.7. The van der Waals surface area contributed by atoms with E-state index in [4.69, 9.17) is 29.2 Å². The highest BCUT2D eigenvalue weighted by Crippen LogP contribution is 2.41. The largest absolute Gasteiger partial charge is 0.462 e. The molecule has 1 aromatic heterocycles. The molecule has 3 rings (SSSR count). The van der Waals surface area contributed by atoms with Crippen molar-refractivity contribution in [1.82, 2.24) is 10.2 Å². The highest BCUT2D eigenvalue weighted by Gasteiger charge is 2.55. The number of furan rings is 1. The Bertz CT molecular complexity index is 1080. The predicted octanol–water partition coefficient (Wildman–Crippen LogP) is -0.168. The maximum atomic E-state index is 13.0. The van der Waals surface area contributed by atoms with Gasteiger partial charge in [0.15, 0.2) is 5.76 Å². The average molecular weight is 510 g/mol. The SMILES string of the molecule is CO/N=C(\C(=O)N[C@@H]1C(=O)N2C(C(=O)O[C@H](C)OC(C)=O)=C(COC(N)=O)CS[C@@H]12)c1ccco1. The molecule has 0 radical (unpaired) electrons. The molecule has 0 aromatic carbocycles. The minimum absolute atomic E-state index is 0.124. The van der Waals surface area contributed by atoms with Crippen LogP contribution in [0.1, 0.15) is 19.6 Å². The Hall–Kier alpha value is -4.01. The van der Waals surface area contributed by atoms with Crippen LogP contribution in [0.4, 0.5) is 4.79 Å². The first-order valence-electron chi connectivity index (χ1n) is 10.1. The third-order valence-electron chi connectivity index (χ3n) is 4.67. The van der Waals surface area contributed by atoms with Gasteiger partial charge in [0.1, 0.15) is 30.8 Å². The molecule has 188 valence electrons. The maximum absolute atomic E-state index is 13.0. The van der Waals surface area contributed by atoms with Gasteiger partial charge in [0.05, 0.1) is 6.26 Å². The van der Waals surface area contributed by atoms with E-state index in [1.54, 1.807) is 6.07 Å². The second-order valence-corrected chi connectivity index (χ2v) is 8.21. The lowest BCUT2D eigenvalue weighted by Crippen LogP contribution is -2.71. The van der Waals surface area contributed by atoms with Crippen LogP contribution in [-0.2, 0) is 38.2 Å². The highest BCUT2D eigenvalue weighted by molar-refractivity contribution is 8.00. The molecule has 0 saturated carbocycles. The number of fused-ring (bicyclic) bond motifs is 1. The quantitative estimate of drug-likeness (QED) is 0.147. The lowest BCUT2D eigenvalue weighted by Gasteiger charge is -2.49. The molecule has 3 heterocycles. The van der Waals surface area contributed by atoms with Gasteiger partial charge in [-0.15, -0.1) is 11.8 Å². The van der Waals surface area contributed by atoms with E-state index in [9.17, 15) is 24.0 Å². The van der Waals surface area contributed by atoms with Gasteiger partial charge in [-0.05, 0) is 12.1 Å². The van der Waals surface area contributed by atoms with Crippen LogP contribution in [0.3, 0.4) is 0 Å². The van der Waals surface area contributed by atoms with Gasteiger partial charge in [-0.25, -0.2) is 9.59 Å². The standard InChI is InChI=1S/C20H22N4O10S/c1-9(25)33-10(2)34-19(28)15-11(7-32-20(21)29)8-35-18-14(17(27)24(15)18)22-16(26)13(23-30-3)12-5-4-6-31-12/h4-6,10,14,18H,7-8H2,1-3H3,(H2,21,29)(H,22,26)/b23-13-/t10-,14-,18+/m1/s1. The molecule has 1 aromatic rings. The molecule has 2 aliphatic heterocycles.